The number of aliphatic hydroxyl groups excluding tert-OH is 2. The SMILES string of the molecule is CCNc1ccc(Cl)c(CN2CC(O)C(O)C2)n1. The average Bonchev–Trinajstić information content (AvgIpc) is 2.63. The van der Waals surface area contributed by atoms with E-state index in [1.165, 1.54) is 0 Å². The molecule has 1 aromatic heterocycles. The summed E-state index contributed by atoms with van der Waals surface area (Å²) >= 11 is 6.11. The van der Waals surface area contributed by atoms with Crippen molar-refractivity contribution < 1.29 is 10.2 Å². The molecule has 0 spiro atoms. The lowest BCUT2D eigenvalue weighted by molar-refractivity contribution is 0.0572. The number of rotatable bonds is 4. The van der Waals surface area contributed by atoms with Crippen LogP contribution in [-0.2, 0) is 6.54 Å². The van der Waals surface area contributed by atoms with Gasteiger partial charge in [-0.15, -0.1) is 0 Å². The van der Waals surface area contributed by atoms with Gasteiger partial charge in [-0.05, 0) is 19.1 Å². The molecule has 1 aliphatic rings. The van der Waals surface area contributed by atoms with E-state index in [4.69, 9.17) is 11.6 Å². The molecule has 0 radical (unpaired) electrons. The molecular weight excluding hydrogens is 254 g/mol. The van der Waals surface area contributed by atoms with E-state index < -0.39 is 12.2 Å². The molecule has 1 saturated heterocycles. The van der Waals surface area contributed by atoms with Crippen LogP contribution < -0.4 is 5.32 Å². The molecule has 100 valence electrons. The van der Waals surface area contributed by atoms with Crippen LogP contribution in [-0.4, -0.2) is 51.9 Å². The van der Waals surface area contributed by atoms with E-state index in [9.17, 15) is 10.2 Å². The highest BCUT2D eigenvalue weighted by atomic mass is 35.5. The largest absolute Gasteiger partial charge is 0.389 e. The first-order valence-electron chi connectivity index (χ1n) is 6.08. The molecular formula is C12H18ClN3O2. The van der Waals surface area contributed by atoms with Crippen LogP contribution in [0, 0.1) is 0 Å². The molecule has 2 atom stereocenters. The number of aliphatic hydroxyl groups is 2. The van der Waals surface area contributed by atoms with Gasteiger partial charge < -0.3 is 15.5 Å². The summed E-state index contributed by atoms with van der Waals surface area (Å²) in [7, 11) is 0. The van der Waals surface area contributed by atoms with Crippen molar-refractivity contribution in [3.05, 3.63) is 22.8 Å². The first-order valence-corrected chi connectivity index (χ1v) is 6.45. The number of likely N-dealkylation sites (tertiary alicyclic amines) is 1. The van der Waals surface area contributed by atoms with Crippen LogP contribution in [0.4, 0.5) is 5.82 Å². The molecule has 0 aliphatic carbocycles. The van der Waals surface area contributed by atoms with Gasteiger partial charge in [0.25, 0.3) is 0 Å². The zero-order valence-corrected chi connectivity index (χ0v) is 11.1. The summed E-state index contributed by atoms with van der Waals surface area (Å²) in [5.41, 5.74) is 0.761. The Hall–Kier alpha value is -0.880. The smallest absolute Gasteiger partial charge is 0.126 e. The number of halogens is 1. The Morgan fingerprint density at radius 2 is 2.06 bits per heavy atom. The third kappa shape index (κ3) is 3.11. The van der Waals surface area contributed by atoms with Gasteiger partial charge in [0.05, 0.1) is 22.9 Å². The molecule has 1 fully saturated rings. The summed E-state index contributed by atoms with van der Waals surface area (Å²) in [6.07, 6.45) is -1.36. The van der Waals surface area contributed by atoms with Gasteiger partial charge in [0, 0.05) is 26.2 Å². The summed E-state index contributed by atoms with van der Waals surface area (Å²) < 4.78 is 0. The number of nitrogens with zero attached hydrogens (tertiary/aromatic N) is 2. The Morgan fingerprint density at radius 3 is 2.67 bits per heavy atom. The molecule has 1 aliphatic heterocycles. The maximum Gasteiger partial charge on any atom is 0.126 e. The summed E-state index contributed by atoms with van der Waals surface area (Å²) in [6.45, 7) is 4.24. The number of anilines is 1. The standard InChI is InChI=1S/C12H18ClN3O2/c1-2-14-12-4-3-8(13)9(15-12)5-16-6-10(17)11(18)7-16/h3-4,10-11,17-18H,2,5-7H2,1H3,(H,14,15). The highest BCUT2D eigenvalue weighted by molar-refractivity contribution is 6.31. The summed E-state index contributed by atoms with van der Waals surface area (Å²) in [5, 5.41) is 22.7. The normalized spacial score (nSPS) is 24.4. The van der Waals surface area contributed by atoms with Crippen molar-refractivity contribution in [2.24, 2.45) is 0 Å². The predicted molar refractivity (Wildman–Crippen MR) is 70.7 cm³/mol. The van der Waals surface area contributed by atoms with Gasteiger partial charge in [0.2, 0.25) is 0 Å². The number of β-amino-alcohol motifs (C(OH)–C–C–N with tert-alkyl or cyclic N) is 2. The van der Waals surface area contributed by atoms with Gasteiger partial charge >= 0.3 is 0 Å². The van der Waals surface area contributed by atoms with Gasteiger partial charge in [-0.3, -0.25) is 4.90 Å². The third-order valence-electron chi connectivity index (χ3n) is 2.98. The van der Waals surface area contributed by atoms with Crippen molar-refractivity contribution in [2.75, 3.05) is 25.0 Å². The molecule has 18 heavy (non-hydrogen) atoms. The lowest BCUT2D eigenvalue weighted by Crippen LogP contribution is -2.22. The molecule has 3 N–H and O–H groups in total. The minimum atomic E-state index is -0.680. The molecule has 0 aromatic carbocycles. The Morgan fingerprint density at radius 1 is 1.39 bits per heavy atom. The van der Waals surface area contributed by atoms with E-state index in [-0.39, 0.29) is 0 Å². The lowest BCUT2D eigenvalue weighted by Gasteiger charge is -2.15. The zero-order valence-electron chi connectivity index (χ0n) is 10.3. The fourth-order valence-corrected chi connectivity index (χ4v) is 2.23. The summed E-state index contributed by atoms with van der Waals surface area (Å²) in [5.74, 6) is 0.789. The van der Waals surface area contributed by atoms with Crippen LogP contribution in [0.3, 0.4) is 0 Å². The van der Waals surface area contributed by atoms with Crippen molar-refractivity contribution in [2.45, 2.75) is 25.7 Å². The number of hydrogen-bond donors (Lipinski definition) is 3. The van der Waals surface area contributed by atoms with E-state index >= 15 is 0 Å². The molecule has 2 heterocycles. The molecule has 2 rings (SSSR count). The molecule has 0 bridgehead atoms. The summed E-state index contributed by atoms with van der Waals surface area (Å²) in [6, 6.07) is 3.65. The molecule has 6 heteroatoms. The van der Waals surface area contributed by atoms with Crippen molar-refractivity contribution in [1.82, 2.24) is 9.88 Å². The fraction of sp³-hybridized carbons (Fsp3) is 0.583. The monoisotopic (exact) mass is 271 g/mol. The highest BCUT2D eigenvalue weighted by Crippen LogP contribution is 2.20. The molecule has 0 saturated carbocycles. The Kier molecular flexibility index (Phi) is 4.40. The second-order valence-electron chi connectivity index (χ2n) is 4.48. The van der Waals surface area contributed by atoms with Crippen LogP contribution in [0.2, 0.25) is 5.02 Å². The van der Waals surface area contributed by atoms with E-state index in [0.29, 0.717) is 24.7 Å². The number of pyridine rings is 1. The average molecular weight is 272 g/mol. The van der Waals surface area contributed by atoms with Crippen molar-refractivity contribution in [3.63, 3.8) is 0 Å². The first kappa shape index (κ1) is 13.5. The van der Waals surface area contributed by atoms with Gasteiger partial charge in [-0.1, -0.05) is 11.6 Å². The Bertz CT molecular complexity index is 406. The summed E-state index contributed by atoms with van der Waals surface area (Å²) in [4.78, 5) is 6.37. The van der Waals surface area contributed by atoms with E-state index in [1.807, 2.05) is 24.0 Å². The van der Waals surface area contributed by atoms with E-state index in [0.717, 1.165) is 18.1 Å². The van der Waals surface area contributed by atoms with Gasteiger partial charge in [-0.25, -0.2) is 4.98 Å². The van der Waals surface area contributed by atoms with Crippen LogP contribution in [0.5, 0.6) is 0 Å². The molecule has 5 nitrogen and oxygen atoms in total. The van der Waals surface area contributed by atoms with Crippen molar-refractivity contribution >= 4 is 17.4 Å². The second kappa shape index (κ2) is 5.84. The number of nitrogens with one attached hydrogen (secondary N) is 1. The van der Waals surface area contributed by atoms with Crippen molar-refractivity contribution in [1.29, 1.82) is 0 Å². The maximum absolute atomic E-state index is 9.50. The lowest BCUT2D eigenvalue weighted by atomic mass is 10.3. The van der Waals surface area contributed by atoms with Gasteiger partial charge in [0.15, 0.2) is 0 Å². The quantitative estimate of drug-likeness (QED) is 0.752. The van der Waals surface area contributed by atoms with E-state index in [2.05, 4.69) is 10.3 Å². The van der Waals surface area contributed by atoms with E-state index in [1.54, 1.807) is 0 Å². The van der Waals surface area contributed by atoms with Gasteiger partial charge in [0.1, 0.15) is 5.82 Å². The Balaban J connectivity index is 2.06. The molecule has 2 unspecified atom stereocenters. The minimum Gasteiger partial charge on any atom is -0.389 e. The minimum absolute atomic E-state index is 0.449. The number of hydrogen-bond acceptors (Lipinski definition) is 5. The van der Waals surface area contributed by atoms with Gasteiger partial charge in [-0.2, -0.15) is 0 Å². The molecule has 0 amide bonds. The van der Waals surface area contributed by atoms with Crippen molar-refractivity contribution in [3.8, 4) is 0 Å². The van der Waals surface area contributed by atoms with Crippen LogP contribution in [0.1, 0.15) is 12.6 Å². The predicted octanol–water partition coefficient (Wildman–Crippen LogP) is 0.704. The Labute approximate surface area is 111 Å². The maximum atomic E-state index is 9.50. The second-order valence-corrected chi connectivity index (χ2v) is 4.89. The zero-order chi connectivity index (χ0) is 13.1. The van der Waals surface area contributed by atoms with Crippen LogP contribution in [0.25, 0.3) is 0 Å². The van der Waals surface area contributed by atoms with Crippen LogP contribution >= 0.6 is 11.6 Å². The fourth-order valence-electron chi connectivity index (χ4n) is 2.06. The first-order chi connectivity index (χ1) is 8.60. The van der Waals surface area contributed by atoms with Crippen LogP contribution in [0.15, 0.2) is 12.1 Å². The highest BCUT2D eigenvalue weighted by Gasteiger charge is 2.29. The molecule has 1 aromatic rings. The number of aromatic nitrogens is 1. The topological polar surface area (TPSA) is 68.6 Å². The third-order valence-corrected chi connectivity index (χ3v) is 3.33.